The molecule has 0 radical (unpaired) electrons. The topological polar surface area (TPSA) is 57.6 Å². The van der Waals surface area contributed by atoms with Crippen molar-refractivity contribution in [3.8, 4) is 12.3 Å². The number of carboxylic acids is 1. The predicted octanol–water partition coefficient (Wildman–Crippen LogP) is 2.42. The number of carbonyl (C=O) groups is 2. The summed E-state index contributed by atoms with van der Waals surface area (Å²) in [7, 11) is 0. The number of carbonyl (C=O) groups excluding carboxylic acids is 1. The van der Waals surface area contributed by atoms with Crippen LogP contribution in [0.25, 0.3) is 0 Å². The highest BCUT2D eigenvalue weighted by atomic mass is 32.1. The van der Waals surface area contributed by atoms with Gasteiger partial charge in [0.25, 0.3) is 5.91 Å². The molecule has 20 heavy (non-hydrogen) atoms. The van der Waals surface area contributed by atoms with E-state index in [4.69, 9.17) is 11.5 Å². The second-order valence-electron chi connectivity index (χ2n) is 4.42. The SMILES string of the molecule is C#CCN(CC(=O)O)C(=O)c1cc(CC)c(CCC)s1. The summed E-state index contributed by atoms with van der Waals surface area (Å²) in [6.07, 6.45) is 8.02. The number of aryl methyl sites for hydroxylation is 2. The molecule has 1 rings (SSSR count). The van der Waals surface area contributed by atoms with Crippen molar-refractivity contribution in [1.82, 2.24) is 4.90 Å². The summed E-state index contributed by atoms with van der Waals surface area (Å²) >= 11 is 1.45. The minimum Gasteiger partial charge on any atom is -0.480 e. The Balaban J connectivity index is 2.99. The van der Waals surface area contributed by atoms with E-state index in [0.717, 1.165) is 24.8 Å². The maximum atomic E-state index is 12.3. The third kappa shape index (κ3) is 4.10. The Bertz CT molecular complexity index is 528. The summed E-state index contributed by atoms with van der Waals surface area (Å²) in [6, 6.07) is 1.86. The molecule has 1 N–H and O–H groups in total. The van der Waals surface area contributed by atoms with E-state index in [1.165, 1.54) is 21.1 Å². The molecule has 0 fully saturated rings. The number of rotatable bonds is 7. The number of carboxylic acid groups (broad SMARTS) is 1. The van der Waals surface area contributed by atoms with Crippen molar-refractivity contribution in [2.45, 2.75) is 33.1 Å². The predicted molar refractivity (Wildman–Crippen MR) is 80.1 cm³/mol. The molecule has 5 heteroatoms. The highest BCUT2D eigenvalue weighted by molar-refractivity contribution is 7.14. The zero-order valence-corrected chi connectivity index (χ0v) is 12.6. The van der Waals surface area contributed by atoms with Gasteiger partial charge in [0.15, 0.2) is 0 Å². The lowest BCUT2D eigenvalue weighted by Crippen LogP contribution is -2.35. The van der Waals surface area contributed by atoms with Crippen LogP contribution >= 0.6 is 11.3 Å². The van der Waals surface area contributed by atoms with E-state index in [2.05, 4.69) is 12.8 Å². The molecule has 0 aliphatic rings. The zero-order chi connectivity index (χ0) is 15.1. The summed E-state index contributed by atoms with van der Waals surface area (Å²) < 4.78 is 0. The summed E-state index contributed by atoms with van der Waals surface area (Å²) in [5.41, 5.74) is 1.16. The average molecular weight is 293 g/mol. The quantitative estimate of drug-likeness (QED) is 0.785. The van der Waals surface area contributed by atoms with Gasteiger partial charge in [0, 0.05) is 4.88 Å². The van der Waals surface area contributed by atoms with E-state index in [-0.39, 0.29) is 19.0 Å². The van der Waals surface area contributed by atoms with Gasteiger partial charge in [-0.25, -0.2) is 0 Å². The fourth-order valence-electron chi connectivity index (χ4n) is 1.94. The van der Waals surface area contributed by atoms with Gasteiger partial charge in [0.05, 0.1) is 11.4 Å². The molecular weight excluding hydrogens is 274 g/mol. The third-order valence-corrected chi connectivity index (χ3v) is 4.09. The van der Waals surface area contributed by atoms with Gasteiger partial charge in [-0.15, -0.1) is 17.8 Å². The molecule has 108 valence electrons. The second-order valence-corrected chi connectivity index (χ2v) is 5.56. The van der Waals surface area contributed by atoms with Crippen LogP contribution in [0.3, 0.4) is 0 Å². The number of amides is 1. The van der Waals surface area contributed by atoms with Gasteiger partial charge in [0.1, 0.15) is 6.54 Å². The Morgan fingerprint density at radius 3 is 2.65 bits per heavy atom. The number of aliphatic carboxylic acids is 1. The van der Waals surface area contributed by atoms with E-state index >= 15 is 0 Å². The maximum Gasteiger partial charge on any atom is 0.323 e. The van der Waals surface area contributed by atoms with E-state index in [9.17, 15) is 9.59 Å². The van der Waals surface area contributed by atoms with Crippen LogP contribution in [0.1, 0.15) is 40.4 Å². The summed E-state index contributed by atoms with van der Waals surface area (Å²) in [4.78, 5) is 26.1. The molecule has 0 saturated carbocycles. The Kier molecular flexibility index (Phi) is 6.26. The van der Waals surface area contributed by atoms with Crippen LogP contribution in [0.5, 0.6) is 0 Å². The van der Waals surface area contributed by atoms with Gasteiger partial charge < -0.3 is 10.0 Å². The van der Waals surface area contributed by atoms with Crippen molar-refractivity contribution in [2.75, 3.05) is 13.1 Å². The highest BCUT2D eigenvalue weighted by Crippen LogP contribution is 2.25. The lowest BCUT2D eigenvalue weighted by Gasteiger charge is -2.16. The molecule has 4 nitrogen and oxygen atoms in total. The molecule has 0 saturated heterocycles. The summed E-state index contributed by atoms with van der Waals surface area (Å²) in [5, 5.41) is 8.84. The maximum absolute atomic E-state index is 12.3. The first-order valence-corrected chi connectivity index (χ1v) is 7.41. The van der Waals surface area contributed by atoms with Crippen LogP contribution < -0.4 is 0 Å². The second kappa shape index (κ2) is 7.71. The largest absolute Gasteiger partial charge is 0.480 e. The molecule has 0 aliphatic carbocycles. The van der Waals surface area contributed by atoms with E-state index in [1.807, 2.05) is 13.0 Å². The molecule has 0 aliphatic heterocycles. The van der Waals surface area contributed by atoms with Crippen molar-refractivity contribution in [3.63, 3.8) is 0 Å². The molecule has 0 atom stereocenters. The Morgan fingerprint density at radius 1 is 1.45 bits per heavy atom. The van der Waals surface area contributed by atoms with E-state index < -0.39 is 5.97 Å². The minimum atomic E-state index is -1.06. The number of hydrogen-bond donors (Lipinski definition) is 1. The number of nitrogens with zero attached hydrogens (tertiary/aromatic N) is 1. The zero-order valence-electron chi connectivity index (χ0n) is 11.8. The first-order chi connectivity index (χ1) is 9.53. The lowest BCUT2D eigenvalue weighted by atomic mass is 10.1. The van der Waals surface area contributed by atoms with Crippen molar-refractivity contribution in [1.29, 1.82) is 0 Å². The summed E-state index contributed by atoms with van der Waals surface area (Å²) in [5.74, 6) is 0.972. The average Bonchev–Trinajstić information content (AvgIpc) is 2.80. The Hall–Kier alpha value is -1.80. The number of hydrogen-bond acceptors (Lipinski definition) is 3. The van der Waals surface area contributed by atoms with Crippen molar-refractivity contribution >= 4 is 23.2 Å². The Labute approximate surface area is 123 Å². The Morgan fingerprint density at radius 2 is 2.15 bits per heavy atom. The first-order valence-electron chi connectivity index (χ1n) is 6.59. The van der Waals surface area contributed by atoms with Crippen LogP contribution in [0.15, 0.2) is 6.07 Å². The van der Waals surface area contributed by atoms with Gasteiger partial charge in [-0.1, -0.05) is 26.2 Å². The van der Waals surface area contributed by atoms with Gasteiger partial charge in [0.2, 0.25) is 0 Å². The van der Waals surface area contributed by atoms with Gasteiger partial charge in [-0.2, -0.15) is 0 Å². The van der Waals surface area contributed by atoms with Gasteiger partial charge >= 0.3 is 5.97 Å². The molecule has 0 spiro atoms. The molecule has 0 aromatic carbocycles. The molecular formula is C15H19NO3S. The number of terminal acetylenes is 1. The fourth-order valence-corrected chi connectivity index (χ4v) is 3.26. The van der Waals surface area contributed by atoms with Crippen molar-refractivity contribution in [2.24, 2.45) is 0 Å². The van der Waals surface area contributed by atoms with E-state index in [1.54, 1.807) is 0 Å². The van der Waals surface area contributed by atoms with Crippen LogP contribution in [0, 0.1) is 12.3 Å². The number of thiophene rings is 1. The fraction of sp³-hybridized carbons (Fsp3) is 0.467. The normalized spacial score (nSPS) is 10.1. The summed E-state index contributed by atoms with van der Waals surface area (Å²) in [6.45, 7) is 3.78. The minimum absolute atomic E-state index is 0.00754. The molecule has 1 amide bonds. The molecule has 1 heterocycles. The third-order valence-electron chi connectivity index (χ3n) is 2.86. The van der Waals surface area contributed by atoms with Crippen LogP contribution in [0.2, 0.25) is 0 Å². The van der Waals surface area contributed by atoms with Gasteiger partial charge in [-0.05, 0) is 24.5 Å². The van der Waals surface area contributed by atoms with Crippen molar-refractivity contribution < 1.29 is 14.7 Å². The van der Waals surface area contributed by atoms with Crippen LogP contribution in [-0.2, 0) is 17.6 Å². The highest BCUT2D eigenvalue weighted by Gasteiger charge is 2.21. The standard InChI is InChI=1S/C15H19NO3S/c1-4-7-12-11(6-3)9-13(20-12)15(19)16(8-5-2)10-14(17)18/h2,9H,4,6-8,10H2,1,3H3,(H,17,18). The lowest BCUT2D eigenvalue weighted by molar-refractivity contribution is -0.137. The van der Waals surface area contributed by atoms with Crippen LogP contribution in [-0.4, -0.2) is 35.0 Å². The smallest absolute Gasteiger partial charge is 0.323 e. The molecule has 0 unspecified atom stereocenters. The monoisotopic (exact) mass is 293 g/mol. The molecule has 1 aromatic rings. The van der Waals surface area contributed by atoms with Crippen LogP contribution in [0.4, 0.5) is 0 Å². The van der Waals surface area contributed by atoms with Crippen molar-refractivity contribution in [3.05, 3.63) is 21.4 Å². The van der Waals surface area contributed by atoms with E-state index in [0.29, 0.717) is 4.88 Å². The first kappa shape index (κ1) is 16.3. The molecule has 1 aromatic heterocycles. The van der Waals surface area contributed by atoms with Gasteiger partial charge in [-0.3, -0.25) is 9.59 Å². The molecule has 0 bridgehead atoms.